The summed E-state index contributed by atoms with van der Waals surface area (Å²) in [6.07, 6.45) is 7.49. The second-order valence-electron chi connectivity index (χ2n) is 5.32. The molecule has 0 radical (unpaired) electrons. The Kier molecular flexibility index (Phi) is 3.60. The lowest BCUT2D eigenvalue weighted by molar-refractivity contribution is 0.415. The van der Waals surface area contributed by atoms with E-state index in [4.69, 9.17) is 0 Å². The van der Waals surface area contributed by atoms with Gasteiger partial charge < -0.3 is 5.32 Å². The minimum absolute atomic E-state index is 0.338. The highest BCUT2D eigenvalue weighted by molar-refractivity contribution is 5.32. The summed E-state index contributed by atoms with van der Waals surface area (Å²) in [6.45, 7) is 2.22. The highest BCUT2D eigenvalue weighted by Crippen LogP contribution is 2.31. The van der Waals surface area contributed by atoms with Crippen LogP contribution >= 0.6 is 0 Å². The van der Waals surface area contributed by atoms with Crippen LogP contribution in [0.5, 0.6) is 0 Å². The maximum Gasteiger partial charge on any atom is 0.0328 e. The van der Waals surface area contributed by atoms with E-state index >= 15 is 0 Å². The van der Waals surface area contributed by atoms with Gasteiger partial charge in [0.2, 0.25) is 0 Å². The van der Waals surface area contributed by atoms with E-state index in [0.717, 1.165) is 0 Å². The van der Waals surface area contributed by atoms with E-state index < -0.39 is 0 Å². The SMILES string of the molecule is CC(NC1CCCc2ccccc21)c1cccnc1. The third-order valence-corrected chi connectivity index (χ3v) is 4.01. The molecule has 1 heterocycles. The minimum atomic E-state index is 0.338. The molecule has 3 rings (SSSR count). The monoisotopic (exact) mass is 252 g/mol. The minimum Gasteiger partial charge on any atom is -0.303 e. The number of nitrogens with zero attached hydrogens (tertiary/aromatic N) is 1. The third-order valence-electron chi connectivity index (χ3n) is 4.01. The number of benzene rings is 1. The van der Waals surface area contributed by atoms with Crippen molar-refractivity contribution in [3.63, 3.8) is 0 Å². The fourth-order valence-corrected chi connectivity index (χ4v) is 2.96. The molecule has 2 aromatic rings. The second-order valence-corrected chi connectivity index (χ2v) is 5.32. The molecule has 19 heavy (non-hydrogen) atoms. The molecule has 0 aliphatic heterocycles. The summed E-state index contributed by atoms with van der Waals surface area (Å²) in [5.41, 5.74) is 4.24. The van der Waals surface area contributed by atoms with Crippen molar-refractivity contribution in [1.82, 2.24) is 10.3 Å². The molecular formula is C17H20N2. The van der Waals surface area contributed by atoms with Crippen molar-refractivity contribution in [2.75, 3.05) is 0 Å². The first-order chi connectivity index (χ1) is 9.34. The van der Waals surface area contributed by atoms with E-state index in [1.807, 2.05) is 18.5 Å². The molecule has 0 saturated heterocycles. The van der Waals surface area contributed by atoms with Gasteiger partial charge in [0.05, 0.1) is 0 Å². The largest absolute Gasteiger partial charge is 0.303 e. The molecule has 2 nitrogen and oxygen atoms in total. The zero-order chi connectivity index (χ0) is 13.1. The molecule has 0 bridgehead atoms. The van der Waals surface area contributed by atoms with Crippen LogP contribution in [0.4, 0.5) is 0 Å². The molecule has 0 spiro atoms. The van der Waals surface area contributed by atoms with Gasteiger partial charge in [0.25, 0.3) is 0 Å². The molecule has 0 amide bonds. The Bertz CT molecular complexity index is 536. The number of hydrogen-bond donors (Lipinski definition) is 1. The first-order valence-corrected chi connectivity index (χ1v) is 7.08. The van der Waals surface area contributed by atoms with Crippen molar-refractivity contribution in [2.45, 2.75) is 38.3 Å². The van der Waals surface area contributed by atoms with Gasteiger partial charge in [-0.05, 0) is 48.9 Å². The molecule has 98 valence electrons. The highest BCUT2D eigenvalue weighted by Gasteiger charge is 2.21. The number of fused-ring (bicyclic) bond motifs is 1. The fraction of sp³-hybridized carbons (Fsp3) is 0.353. The maximum atomic E-state index is 4.20. The van der Waals surface area contributed by atoms with E-state index in [2.05, 4.69) is 47.6 Å². The molecule has 1 aromatic carbocycles. The van der Waals surface area contributed by atoms with Crippen LogP contribution in [-0.4, -0.2) is 4.98 Å². The van der Waals surface area contributed by atoms with Crippen LogP contribution in [-0.2, 0) is 6.42 Å². The molecule has 1 N–H and O–H groups in total. The Balaban J connectivity index is 1.78. The number of aryl methyl sites for hydroxylation is 1. The van der Waals surface area contributed by atoms with Crippen LogP contribution in [0.2, 0.25) is 0 Å². The highest BCUT2D eigenvalue weighted by atomic mass is 14.9. The van der Waals surface area contributed by atoms with Gasteiger partial charge >= 0.3 is 0 Å². The van der Waals surface area contributed by atoms with Crippen molar-refractivity contribution < 1.29 is 0 Å². The smallest absolute Gasteiger partial charge is 0.0328 e. The molecular weight excluding hydrogens is 232 g/mol. The number of hydrogen-bond acceptors (Lipinski definition) is 2. The van der Waals surface area contributed by atoms with Crippen molar-refractivity contribution >= 4 is 0 Å². The van der Waals surface area contributed by atoms with E-state index in [1.54, 1.807) is 0 Å². The van der Waals surface area contributed by atoms with Crippen LogP contribution in [0.15, 0.2) is 48.8 Å². The summed E-state index contributed by atoms with van der Waals surface area (Å²) in [7, 11) is 0. The Morgan fingerprint density at radius 1 is 1.21 bits per heavy atom. The lowest BCUT2D eigenvalue weighted by atomic mass is 9.87. The van der Waals surface area contributed by atoms with Crippen molar-refractivity contribution in [1.29, 1.82) is 0 Å². The van der Waals surface area contributed by atoms with Crippen molar-refractivity contribution in [3.8, 4) is 0 Å². The number of pyridine rings is 1. The Labute approximate surface area is 114 Å². The van der Waals surface area contributed by atoms with Gasteiger partial charge in [-0.1, -0.05) is 30.3 Å². The number of aromatic nitrogens is 1. The van der Waals surface area contributed by atoms with Crippen LogP contribution in [0.1, 0.15) is 48.5 Å². The average molecular weight is 252 g/mol. The number of rotatable bonds is 3. The normalized spacial score (nSPS) is 19.7. The Morgan fingerprint density at radius 2 is 2.11 bits per heavy atom. The van der Waals surface area contributed by atoms with E-state index in [9.17, 15) is 0 Å². The zero-order valence-electron chi connectivity index (χ0n) is 11.3. The Hall–Kier alpha value is -1.67. The van der Waals surface area contributed by atoms with Gasteiger partial charge in [-0.2, -0.15) is 0 Å². The first kappa shape index (κ1) is 12.4. The third kappa shape index (κ3) is 2.69. The average Bonchev–Trinajstić information content (AvgIpc) is 2.48. The summed E-state index contributed by atoms with van der Waals surface area (Å²) in [4.78, 5) is 4.20. The number of nitrogens with one attached hydrogen (secondary N) is 1. The van der Waals surface area contributed by atoms with E-state index in [1.165, 1.54) is 36.0 Å². The lowest BCUT2D eigenvalue weighted by Gasteiger charge is -2.29. The standard InChI is InChI=1S/C17H20N2/c1-13(15-8-5-11-18-12-15)19-17-10-4-7-14-6-2-3-9-16(14)17/h2-3,5-6,8-9,11-13,17,19H,4,7,10H2,1H3. The molecule has 1 aliphatic carbocycles. The molecule has 1 aromatic heterocycles. The topological polar surface area (TPSA) is 24.9 Å². The molecule has 0 saturated carbocycles. The van der Waals surface area contributed by atoms with Gasteiger partial charge in [-0.15, -0.1) is 0 Å². The zero-order valence-corrected chi connectivity index (χ0v) is 11.3. The van der Waals surface area contributed by atoms with Gasteiger partial charge in [0, 0.05) is 24.5 Å². The summed E-state index contributed by atoms with van der Waals surface area (Å²) in [5, 5.41) is 3.75. The predicted octanol–water partition coefficient (Wildman–Crippen LogP) is 3.81. The van der Waals surface area contributed by atoms with Crippen LogP contribution < -0.4 is 5.32 Å². The molecule has 2 unspecified atom stereocenters. The van der Waals surface area contributed by atoms with Crippen molar-refractivity contribution in [3.05, 3.63) is 65.5 Å². The lowest BCUT2D eigenvalue weighted by Crippen LogP contribution is -2.27. The summed E-state index contributed by atoms with van der Waals surface area (Å²) in [6, 6.07) is 13.8. The first-order valence-electron chi connectivity index (χ1n) is 7.08. The van der Waals surface area contributed by atoms with Gasteiger partial charge in [0.15, 0.2) is 0 Å². The van der Waals surface area contributed by atoms with Crippen LogP contribution in [0.3, 0.4) is 0 Å². The second kappa shape index (κ2) is 5.54. The van der Waals surface area contributed by atoms with Crippen LogP contribution in [0.25, 0.3) is 0 Å². The molecule has 2 heteroatoms. The van der Waals surface area contributed by atoms with Crippen molar-refractivity contribution in [2.24, 2.45) is 0 Å². The predicted molar refractivity (Wildman–Crippen MR) is 77.9 cm³/mol. The summed E-state index contributed by atoms with van der Waals surface area (Å²) in [5.74, 6) is 0. The van der Waals surface area contributed by atoms with Crippen LogP contribution in [0, 0.1) is 0 Å². The van der Waals surface area contributed by atoms with Gasteiger partial charge in [-0.3, -0.25) is 4.98 Å². The Morgan fingerprint density at radius 3 is 2.95 bits per heavy atom. The fourth-order valence-electron chi connectivity index (χ4n) is 2.96. The van der Waals surface area contributed by atoms with Gasteiger partial charge in [-0.25, -0.2) is 0 Å². The quantitative estimate of drug-likeness (QED) is 0.898. The van der Waals surface area contributed by atoms with Gasteiger partial charge in [0.1, 0.15) is 0 Å². The molecule has 2 atom stereocenters. The van der Waals surface area contributed by atoms with E-state index in [-0.39, 0.29) is 0 Å². The molecule has 1 aliphatic rings. The summed E-state index contributed by atoms with van der Waals surface area (Å²) >= 11 is 0. The molecule has 0 fully saturated rings. The van der Waals surface area contributed by atoms with E-state index in [0.29, 0.717) is 12.1 Å². The summed E-state index contributed by atoms with van der Waals surface area (Å²) < 4.78 is 0. The maximum absolute atomic E-state index is 4.20.